The largest absolute Gasteiger partial charge is 0.351 e. The number of aryl methyl sites for hydroxylation is 2. The van der Waals surface area contributed by atoms with E-state index >= 15 is 0 Å². The Kier molecular flexibility index (Phi) is 6.51. The van der Waals surface area contributed by atoms with E-state index in [1.54, 1.807) is 22.7 Å². The summed E-state index contributed by atoms with van der Waals surface area (Å²) in [6.45, 7) is 4.47. The lowest BCUT2D eigenvalue weighted by Gasteiger charge is -2.07. The Balaban J connectivity index is 1.39. The lowest BCUT2D eigenvalue weighted by atomic mass is 10.1. The van der Waals surface area contributed by atoms with Gasteiger partial charge in [-0.1, -0.05) is 53.7 Å². The number of aromatic nitrogens is 3. The molecule has 0 saturated carbocycles. The molecule has 4 aromatic rings. The van der Waals surface area contributed by atoms with Crippen LogP contribution in [0.3, 0.4) is 0 Å². The molecule has 2 amide bonds. The van der Waals surface area contributed by atoms with Crippen LogP contribution in [0.1, 0.15) is 27.0 Å². The number of thioether (sulfide) groups is 1. The highest BCUT2D eigenvalue weighted by atomic mass is 32.2. The summed E-state index contributed by atoms with van der Waals surface area (Å²) in [4.78, 5) is 24.9. The van der Waals surface area contributed by atoms with Crippen LogP contribution in [0.25, 0.3) is 5.65 Å². The minimum Gasteiger partial charge on any atom is -0.351 e. The molecule has 7 nitrogen and oxygen atoms in total. The quantitative estimate of drug-likeness (QED) is 0.420. The highest BCUT2D eigenvalue weighted by Gasteiger charge is 2.13. The van der Waals surface area contributed by atoms with E-state index in [2.05, 4.69) is 20.8 Å². The Labute approximate surface area is 190 Å². The van der Waals surface area contributed by atoms with Crippen molar-refractivity contribution in [3.63, 3.8) is 0 Å². The van der Waals surface area contributed by atoms with Gasteiger partial charge in [-0.2, -0.15) is 0 Å². The highest BCUT2D eigenvalue weighted by Crippen LogP contribution is 2.18. The van der Waals surface area contributed by atoms with Crippen molar-refractivity contribution in [1.82, 2.24) is 19.9 Å². The first kappa shape index (κ1) is 21.6. The lowest BCUT2D eigenvalue weighted by Crippen LogP contribution is -2.24. The summed E-state index contributed by atoms with van der Waals surface area (Å²) in [6.07, 6.45) is 1.69. The van der Waals surface area contributed by atoms with E-state index in [0.717, 1.165) is 16.8 Å². The van der Waals surface area contributed by atoms with Crippen LogP contribution < -0.4 is 10.6 Å². The van der Waals surface area contributed by atoms with Crippen LogP contribution in [-0.4, -0.2) is 32.2 Å². The number of benzene rings is 2. The smallest absolute Gasteiger partial charge is 0.257 e. The molecule has 0 spiro atoms. The number of carbonyl (C=O) groups is 2. The van der Waals surface area contributed by atoms with Gasteiger partial charge in [0.05, 0.1) is 11.3 Å². The Hall–Kier alpha value is -3.65. The summed E-state index contributed by atoms with van der Waals surface area (Å²) < 4.78 is 1.73. The number of fused-ring (bicyclic) bond motifs is 1. The molecule has 0 aliphatic rings. The number of nitrogens with zero attached hydrogens (tertiary/aromatic N) is 3. The Bertz CT molecular complexity index is 1270. The molecule has 0 saturated heterocycles. The maximum Gasteiger partial charge on any atom is 0.257 e. The van der Waals surface area contributed by atoms with Gasteiger partial charge in [-0.3, -0.25) is 14.0 Å². The predicted octanol–water partition coefficient (Wildman–Crippen LogP) is 4.01. The predicted molar refractivity (Wildman–Crippen MR) is 126 cm³/mol. The second kappa shape index (κ2) is 9.65. The second-order valence-corrected chi connectivity index (χ2v) is 8.45. The molecule has 0 bridgehead atoms. The van der Waals surface area contributed by atoms with Gasteiger partial charge in [0, 0.05) is 18.4 Å². The molecule has 0 atom stereocenters. The van der Waals surface area contributed by atoms with Crippen LogP contribution in [0.4, 0.5) is 5.69 Å². The van der Waals surface area contributed by atoms with Crippen molar-refractivity contribution in [2.45, 2.75) is 25.5 Å². The second-order valence-electron chi connectivity index (χ2n) is 7.50. The molecule has 0 fully saturated rings. The summed E-state index contributed by atoms with van der Waals surface area (Å²) in [5.74, 6) is -0.120. The van der Waals surface area contributed by atoms with Gasteiger partial charge in [0.1, 0.15) is 0 Å². The van der Waals surface area contributed by atoms with E-state index in [4.69, 9.17) is 0 Å². The van der Waals surface area contributed by atoms with Gasteiger partial charge in [0.15, 0.2) is 10.8 Å². The zero-order valence-corrected chi connectivity index (χ0v) is 18.6. The van der Waals surface area contributed by atoms with Crippen LogP contribution in [0.15, 0.2) is 72.0 Å². The van der Waals surface area contributed by atoms with Crippen molar-refractivity contribution in [2.24, 2.45) is 0 Å². The zero-order chi connectivity index (χ0) is 22.5. The van der Waals surface area contributed by atoms with Crippen molar-refractivity contribution in [1.29, 1.82) is 0 Å². The van der Waals surface area contributed by atoms with Crippen molar-refractivity contribution in [2.75, 3.05) is 11.1 Å². The molecule has 0 unspecified atom stereocenters. The topological polar surface area (TPSA) is 88.4 Å². The highest BCUT2D eigenvalue weighted by molar-refractivity contribution is 7.99. The Morgan fingerprint density at radius 1 is 0.969 bits per heavy atom. The summed E-state index contributed by atoms with van der Waals surface area (Å²) in [7, 11) is 0. The molecule has 4 rings (SSSR count). The maximum absolute atomic E-state index is 12.7. The van der Waals surface area contributed by atoms with E-state index in [0.29, 0.717) is 22.9 Å². The summed E-state index contributed by atoms with van der Waals surface area (Å²) >= 11 is 1.27. The average Bonchev–Trinajstić information content (AvgIpc) is 3.19. The number of pyridine rings is 1. The molecule has 2 N–H and O–H groups in total. The zero-order valence-electron chi connectivity index (χ0n) is 17.8. The fraction of sp³-hybridized carbons (Fsp3) is 0.167. The van der Waals surface area contributed by atoms with Gasteiger partial charge >= 0.3 is 0 Å². The van der Waals surface area contributed by atoms with Gasteiger partial charge in [-0.15, -0.1) is 10.2 Å². The van der Waals surface area contributed by atoms with Crippen molar-refractivity contribution < 1.29 is 9.59 Å². The lowest BCUT2D eigenvalue weighted by molar-refractivity contribution is -0.118. The number of nitrogens with one attached hydrogen (secondary N) is 2. The van der Waals surface area contributed by atoms with Gasteiger partial charge < -0.3 is 10.6 Å². The van der Waals surface area contributed by atoms with Gasteiger partial charge in [0.25, 0.3) is 5.91 Å². The van der Waals surface area contributed by atoms with Gasteiger partial charge in [0.2, 0.25) is 5.91 Å². The third-order valence-electron chi connectivity index (χ3n) is 4.85. The monoisotopic (exact) mass is 445 g/mol. The van der Waals surface area contributed by atoms with Crippen LogP contribution in [-0.2, 0) is 11.3 Å². The average molecular weight is 446 g/mol. The molecule has 2 aromatic carbocycles. The standard InChI is InChI=1S/C24H23N5O2S/c1-16-6-8-18(9-7-16)13-25-22(30)15-32-24-28-27-21-11-10-19(14-29(21)24)23(31)26-20-5-3-4-17(2)12-20/h3-12,14H,13,15H2,1-2H3,(H,25,30)(H,26,31). The van der Waals surface area contributed by atoms with Crippen molar-refractivity contribution in [3.8, 4) is 0 Å². The minimum atomic E-state index is -0.224. The molecule has 162 valence electrons. The molecule has 2 heterocycles. The Morgan fingerprint density at radius 3 is 2.56 bits per heavy atom. The van der Waals surface area contributed by atoms with Crippen LogP contribution in [0.2, 0.25) is 0 Å². The number of rotatable bonds is 7. The van der Waals surface area contributed by atoms with Gasteiger partial charge in [-0.05, 0) is 49.2 Å². The molecule has 0 radical (unpaired) electrons. The number of hydrogen-bond acceptors (Lipinski definition) is 5. The fourth-order valence-corrected chi connectivity index (χ4v) is 3.86. The minimum absolute atomic E-state index is 0.0966. The van der Waals surface area contributed by atoms with Crippen molar-refractivity contribution in [3.05, 3.63) is 89.1 Å². The molecular weight excluding hydrogens is 422 g/mol. The Morgan fingerprint density at radius 2 is 1.78 bits per heavy atom. The van der Waals surface area contributed by atoms with Crippen LogP contribution in [0.5, 0.6) is 0 Å². The van der Waals surface area contributed by atoms with Crippen molar-refractivity contribution >= 4 is 34.9 Å². The molecule has 0 aliphatic heterocycles. The van der Waals surface area contributed by atoms with E-state index in [1.165, 1.54) is 17.3 Å². The molecular formula is C24H23N5O2S. The molecule has 0 aliphatic carbocycles. The molecule has 8 heteroatoms. The summed E-state index contributed by atoms with van der Waals surface area (Å²) in [5.41, 5.74) is 5.12. The number of anilines is 1. The third-order valence-corrected chi connectivity index (χ3v) is 5.79. The fourth-order valence-electron chi connectivity index (χ4n) is 3.12. The SMILES string of the molecule is Cc1ccc(CNC(=O)CSc2nnc3ccc(C(=O)Nc4cccc(C)c4)cn23)cc1. The maximum atomic E-state index is 12.7. The first-order valence-electron chi connectivity index (χ1n) is 10.2. The first-order valence-corrected chi connectivity index (χ1v) is 11.1. The van der Waals surface area contributed by atoms with E-state index in [9.17, 15) is 9.59 Å². The van der Waals surface area contributed by atoms with E-state index in [1.807, 2.05) is 62.4 Å². The number of amides is 2. The van der Waals surface area contributed by atoms with Crippen LogP contribution >= 0.6 is 11.8 Å². The molecule has 2 aromatic heterocycles. The van der Waals surface area contributed by atoms with Gasteiger partial charge in [-0.25, -0.2) is 0 Å². The number of hydrogen-bond donors (Lipinski definition) is 2. The summed E-state index contributed by atoms with van der Waals surface area (Å²) in [5, 5.41) is 14.6. The number of carbonyl (C=O) groups excluding carboxylic acids is 2. The normalized spacial score (nSPS) is 10.8. The summed E-state index contributed by atoms with van der Waals surface area (Å²) in [6, 6.07) is 19.1. The third kappa shape index (κ3) is 5.33. The first-order chi connectivity index (χ1) is 15.5. The molecule has 32 heavy (non-hydrogen) atoms. The van der Waals surface area contributed by atoms with E-state index in [-0.39, 0.29) is 17.6 Å². The van der Waals surface area contributed by atoms with Crippen LogP contribution in [0, 0.1) is 13.8 Å². The van der Waals surface area contributed by atoms with E-state index < -0.39 is 0 Å².